The summed E-state index contributed by atoms with van der Waals surface area (Å²) < 4.78 is 55.4. The Morgan fingerprint density at radius 1 is 0.857 bits per heavy atom. The zero-order valence-electron chi connectivity index (χ0n) is 34.3. The number of rotatable bonds is 17. The summed E-state index contributed by atoms with van der Waals surface area (Å²) in [6, 6.07) is 12.5. The molecule has 2 heterocycles. The average Bonchev–Trinajstić information content (AvgIpc) is 3.70. The molecule has 0 spiro atoms. The Morgan fingerprint density at radius 3 is 2.17 bits per heavy atom. The molecule has 0 aliphatic carbocycles. The van der Waals surface area contributed by atoms with Crippen LogP contribution in [0, 0.1) is 5.92 Å². The van der Waals surface area contributed by atoms with Crippen LogP contribution in [0.25, 0.3) is 11.0 Å². The molecule has 18 nitrogen and oxygen atoms in total. The average molecular weight is 936 g/mol. The number of fused-ring (bicyclic) bond motifs is 2. The normalized spacial score (nSPS) is 14.5. The van der Waals surface area contributed by atoms with Crippen molar-refractivity contribution in [2.45, 2.75) is 69.6 Å². The lowest BCUT2D eigenvalue weighted by molar-refractivity contribution is -0.170. The van der Waals surface area contributed by atoms with Crippen LogP contribution in [0.2, 0.25) is 10.0 Å². The number of sulfone groups is 1. The maximum absolute atomic E-state index is 14.0. The number of furan rings is 1. The highest BCUT2D eigenvalue weighted by atomic mass is 35.5. The number of esters is 3. The number of carbonyl (C=O) groups is 6. The predicted octanol–water partition coefficient (Wildman–Crippen LogP) is 4.19. The molecule has 4 atom stereocenters. The first kappa shape index (κ1) is 48.3. The minimum absolute atomic E-state index is 0.00989. The van der Waals surface area contributed by atoms with E-state index >= 15 is 0 Å². The molecular formula is C42H44Cl2N2O16S. The van der Waals surface area contributed by atoms with Crippen molar-refractivity contribution in [3.8, 4) is 0 Å². The van der Waals surface area contributed by atoms with Gasteiger partial charge in [-0.1, -0.05) is 41.4 Å². The molecule has 0 radical (unpaired) electrons. The van der Waals surface area contributed by atoms with E-state index in [2.05, 4.69) is 5.32 Å². The summed E-state index contributed by atoms with van der Waals surface area (Å²) in [5.41, 5.74) is 2.25. The summed E-state index contributed by atoms with van der Waals surface area (Å²) >= 11 is 13.5. The van der Waals surface area contributed by atoms with Crippen LogP contribution >= 0.6 is 23.2 Å². The molecule has 3 N–H and O–H groups in total. The quantitative estimate of drug-likeness (QED) is 0.0763. The molecular weight excluding hydrogens is 891 g/mol. The molecule has 4 aromatic rings. The smallest absolute Gasteiger partial charge is 0.464 e. The molecule has 0 bridgehead atoms. The highest BCUT2D eigenvalue weighted by Crippen LogP contribution is 2.35. The SMILES string of the molecule is C[C@@H](OC(=O)OCC(COC(=O)[C@@H](C)O)COC(=O)[C@@H](C)O)OC(=O)[C@H](Cc1cccc(S(C)(=O)=O)c1)NC(=O)c1c(Cl)cc2c(c1Cl)CCN(C(=O)c1ccc3ccoc3c1)C2. The van der Waals surface area contributed by atoms with Gasteiger partial charge in [-0.15, -0.1) is 0 Å². The van der Waals surface area contributed by atoms with Crippen molar-refractivity contribution in [3.63, 3.8) is 0 Å². The fraction of sp³-hybridized carbons (Fsp3) is 0.381. The molecule has 1 aromatic heterocycles. The molecule has 5 rings (SSSR count). The zero-order valence-corrected chi connectivity index (χ0v) is 36.7. The van der Waals surface area contributed by atoms with Gasteiger partial charge in [0.25, 0.3) is 11.8 Å². The molecule has 0 unspecified atom stereocenters. The Hall–Kier alpha value is -5.73. The van der Waals surface area contributed by atoms with Crippen LogP contribution in [-0.4, -0.2) is 117 Å². The fourth-order valence-electron chi connectivity index (χ4n) is 6.28. The topological polar surface area (TPSA) is 252 Å². The monoisotopic (exact) mass is 934 g/mol. The second-order valence-electron chi connectivity index (χ2n) is 14.6. The third-order valence-corrected chi connectivity index (χ3v) is 11.4. The Balaban J connectivity index is 1.29. The van der Waals surface area contributed by atoms with Crippen LogP contribution in [0.5, 0.6) is 0 Å². The van der Waals surface area contributed by atoms with Crippen LogP contribution in [0.4, 0.5) is 4.79 Å². The number of aliphatic hydroxyl groups is 2. The predicted molar refractivity (Wildman–Crippen MR) is 222 cm³/mol. The van der Waals surface area contributed by atoms with Crippen molar-refractivity contribution in [1.29, 1.82) is 0 Å². The molecule has 2 amide bonds. The van der Waals surface area contributed by atoms with Gasteiger partial charge < -0.3 is 48.5 Å². The second kappa shape index (κ2) is 21.1. The first-order valence-electron chi connectivity index (χ1n) is 19.3. The van der Waals surface area contributed by atoms with E-state index in [-0.39, 0.29) is 52.3 Å². The van der Waals surface area contributed by atoms with E-state index in [1.54, 1.807) is 29.2 Å². The van der Waals surface area contributed by atoms with Gasteiger partial charge in [0.2, 0.25) is 6.29 Å². The van der Waals surface area contributed by atoms with Crippen LogP contribution in [0.3, 0.4) is 0 Å². The van der Waals surface area contributed by atoms with Crippen molar-refractivity contribution in [1.82, 2.24) is 10.2 Å². The lowest BCUT2D eigenvalue weighted by Crippen LogP contribution is -2.45. The number of hydrogen-bond acceptors (Lipinski definition) is 16. The van der Waals surface area contributed by atoms with Crippen molar-refractivity contribution >= 4 is 79.9 Å². The number of nitrogens with one attached hydrogen (secondary N) is 1. The number of nitrogens with zero attached hydrogens (tertiary/aromatic N) is 1. The Bertz CT molecular complexity index is 2460. The number of ether oxygens (including phenoxy) is 5. The van der Waals surface area contributed by atoms with Gasteiger partial charge in [-0.05, 0) is 73.4 Å². The van der Waals surface area contributed by atoms with Crippen molar-refractivity contribution in [2.24, 2.45) is 5.92 Å². The van der Waals surface area contributed by atoms with E-state index in [1.807, 2.05) is 0 Å². The van der Waals surface area contributed by atoms with Crippen molar-refractivity contribution < 1.29 is 75.5 Å². The lowest BCUT2D eigenvalue weighted by atomic mass is 9.95. The lowest BCUT2D eigenvalue weighted by Gasteiger charge is -2.30. The summed E-state index contributed by atoms with van der Waals surface area (Å²) in [7, 11) is -3.68. The van der Waals surface area contributed by atoms with Crippen LogP contribution in [-0.2, 0) is 67.3 Å². The van der Waals surface area contributed by atoms with Crippen LogP contribution < -0.4 is 5.32 Å². The van der Waals surface area contributed by atoms with Crippen LogP contribution in [0.15, 0.2) is 70.2 Å². The highest BCUT2D eigenvalue weighted by molar-refractivity contribution is 7.90. The number of benzene rings is 3. The maximum atomic E-state index is 14.0. The molecule has 0 saturated carbocycles. The van der Waals surface area contributed by atoms with E-state index < -0.39 is 90.1 Å². The molecule has 63 heavy (non-hydrogen) atoms. The van der Waals surface area contributed by atoms with Gasteiger partial charge >= 0.3 is 24.1 Å². The largest absolute Gasteiger partial charge is 0.511 e. The van der Waals surface area contributed by atoms with Crippen molar-refractivity contribution in [3.05, 3.63) is 98.7 Å². The minimum Gasteiger partial charge on any atom is -0.464 e. The summed E-state index contributed by atoms with van der Waals surface area (Å²) in [6.07, 6.45) is -3.50. The Labute approximate surface area is 371 Å². The number of halogens is 2. The summed E-state index contributed by atoms with van der Waals surface area (Å²) in [5, 5.41) is 22.1. The van der Waals surface area contributed by atoms with Gasteiger partial charge in [-0.3, -0.25) is 9.59 Å². The molecule has 21 heteroatoms. The summed E-state index contributed by atoms with van der Waals surface area (Å²) in [4.78, 5) is 78.8. The molecule has 1 aliphatic rings. The molecule has 0 fully saturated rings. The van der Waals surface area contributed by atoms with Crippen LogP contribution in [0.1, 0.15) is 58.2 Å². The molecule has 338 valence electrons. The van der Waals surface area contributed by atoms with Gasteiger partial charge in [0.05, 0.1) is 32.7 Å². The van der Waals surface area contributed by atoms with Gasteiger partial charge in [-0.25, -0.2) is 27.6 Å². The standard InChI is InChI=1S/C42H44Cl2N2O16S/c1-22(47)39(51)58-19-26(20-59-40(52)23(2)48)21-60-42(54)62-24(3)61-41(53)33(15-25-6-5-7-30(14-25)63(4,55)56)45-37(49)35-32(43)16-29-18-46(12-10-31(29)36(35)44)38(50)28-9-8-27-11-13-57-34(27)17-28/h5-9,11,13-14,16-17,22-24,26,33,47-48H,10,12,15,18-21H2,1-4H3,(H,45,49)/t22-,23-,24-,33+/m1/s1. The van der Waals surface area contributed by atoms with E-state index in [1.165, 1.54) is 36.6 Å². The van der Waals surface area contributed by atoms with E-state index in [0.29, 0.717) is 27.8 Å². The molecule has 1 aliphatic heterocycles. The van der Waals surface area contributed by atoms with Gasteiger partial charge in [0, 0.05) is 43.6 Å². The first-order chi connectivity index (χ1) is 29.7. The molecule has 3 aromatic carbocycles. The van der Waals surface area contributed by atoms with Crippen molar-refractivity contribution in [2.75, 3.05) is 32.6 Å². The summed E-state index contributed by atoms with van der Waals surface area (Å²) in [6.45, 7) is 2.35. The number of amides is 2. The molecule has 0 saturated heterocycles. The van der Waals surface area contributed by atoms with Gasteiger partial charge in [0.1, 0.15) is 43.7 Å². The van der Waals surface area contributed by atoms with Gasteiger partial charge in [0.15, 0.2) is 9.84 Å². The zero-order chi connectivity index (χ0) is 46.2. The number of carbonyl (C=O) groups excluding carboxylic acids is 6. The van der Waals surface area contributed by atoms with E-state index in [4.69, 9.17) is 51.3 Å². The number of aliphatic hydroxyl groups excluding tert-OH is 2. The fourth-order valence-corrected chi connectivity index (χ4v) is 7.73. The minimum atomic E-state index is -3.68. The maximum Gasteiger partial charge on any atom is 0.511 e. The van der Waals surface area contributed by atoms with E-state index in [9.17, 15) is 47.4 Å². The first-order valence-corrected chi connectivity index (χ1v) is 22.0. The third-order valence-electron chi connectivity index (χ3n) is 9.56. The van der Waals surface area contributed by atoms with E-state index in [0.717, 1.165) is 32.4 Å². The Morgan fingerprint density at radius 2 is 1.52 bits per heavy atom. The number of hydrogen-bond donors (Lipinski definition) is 3. The highest BCUT2D eigenvalue weighted by Gasteiger charge is 2.32. The second-order valence-corrected chi connectivity index (χ2v) is 17.4. The summed E-state index contributed by atoms with van der Waals surface area (Å²) in [5.74, 6) is -5.27. The third kappa shape index (κ3) is 12.9. The van der Waals surface area contributed by atoms with Gasteiger partial charge in [-0.2, -0.15) is 0 Å². The Kier molecular flexibility index (Phi) is 16.2.